The third kappa shape index (κ3) is 3.54. The molecule has 0 amide bonds. The molecule has 0 N–H and O–H groups in total. The Balaban J connectivity index is 2.19. The van der Waals surface area contributed by atoms with E-state index in [-0.39, 0.29) is 0 Å². The quantitative estimate of drug-likeness (QED) is 0.530. The van der Waals surface area contributed by atoms with Crippen molar-refractivity contribution in [3.8, 4) is 0 Å². The molecule has 1 fully saturated rings. The van der Waals surface area contributed by atoms with Crippen LogP contribution in [0.4, 0.5) is 0 Å². The molecule has 0 spiro atoms. The summed E-state index contributed by atoms with van der Waals surface area (Å²) in [6, 6.07) is 0. The summed E-state index contributed by atoms with van der Waals surface area (Å²) in [7, 11) is 0. The van der Waals surface area contributed by atoms with Crippen LogP contribution in [0.5, 0.6) is 0 Å². The van der Waals surface area contributed by atoms with Gasteiger partial charge in [-0.15, -0.1) is 0 Å². The van der Waals surface area contributed by atoms with Gasteiger partial charge in [0, 0.05) is 36.9 Å². The normalized spacial score (nSPS) is 20.1. The Morgan fingerprint density at radius 3 is 2.64 bits per heavy atom. The van der Waals surface area contributed by atoms with Crippen LogP contribution in [0.15, 0.2) is 12.2 Å². The molecule has 0 atom stereocenters. The predicted molar refractivity (Wildman–Crippen MR) is 56.8 cm³/mol. The topological polar surface area (TPSA) is 3.24 Å². The van der Waals surface area contributed by atoms with Crippen LogP contribution in [-0.4, -0.2) is 41.8 Å². The molecule has 0 aromatic carbocycles. The SMILES string of the molecule is C=C(CS)CN1CCSCC1. The molecule has 1 aliphatic heterocycles. The van der Waals surface area contributed by atoms with Crippen LogP contribution in [0.3, 0.4) is 0 Å². The van der Waals surface area contributed by atoms with Gasteiger partial charge in [0.2, 0.25) is 0 Å². The van der Waals surface area contributed by atoms with Crippen molar-refractivity contribution in [1.82, 2.24) is 4.90 Å². The van der Waals surface area contributed by atoms with Gasteiger partial charge in [0.05, 0.1) is 0 Å². The van der Waals surface area contributed by atoms with E-state index in [9.17, 15) is 0 Å². The fourth-order valence-corrected chi connectivity index (χ4v) is 2.20. The number of thiol groups is 1. The van der Waals surface area contributed by atoms with Crippen molar-refractivity contribution in [2.24, 2.45) is 0 Å². The van der Waals surface area contributed by atoms with Crippen molar-refractivity contribution in [2.45, 2.75) is 0 Å². The van der Waals surface area contributed by atoms with Crippen molar-refractivity contribution < 1.29 is 0 Å². The van der Waals surface area contributed by atoms with Crippen molar-refractivity contribution in [3.05, 3.63) is 12.2 Å². The summed E-state index contributed by atoms with van der Waals surface area (Å²) in [5.74, 6) is 3.38. The molecular weight excluding hydrogens is 174 g/mol. The summed E-state index contributed by atoms with van der Waals surface area (Å²) >= 11 is 6.23. The van der Waals surface area contributed by atoms with Gasteiger partial charge in [-0.1, -0.05) is 12.2 Å². The molecule has 1 nitrogen and oxygen atoms in total. The first-order valence-electron chi connectivity index (χ1n) is 3.90. The predicted octanol–water partition coefficient (Wildman–Crippen LogP) is 1.52. The van der Waals surface area contributed by atoms with Gasteiger partial charge < -0.3 is 0 Å². The van der Waals surface area contributed by atoms with E-state index in [2.05, 4.69) is 24.1 Å². The maximum atomic E-state index is 4.18. The second-order valence-corrected chi connectivity index (χ2v) is 4.34. The van der Waals surface area contributed by atoms with E-state index < -0.39 is 0 Å². The van der Waals surface area contributed by atoms with Crippen molar-refractivity contribution in [2.75, 3.05) is 36.9 Å². The average Bonchev–Trinajstić information content (AvgIpc) is 2.06. The Kier molecular flexibility index (Phi) is 4.41. The zero-order valence-electron chi connectivity index (χ0n) is 6.75. The maximum Gasteiger partial charge on any atom is 0.0199 e. The summed E-state index contributed by atoms with van der Waals surface area (Å²) in [6.07, 6.45) is 0. The van der Waals surface area contributed by atoms with Gasteiger partial charge in [0.15, 0.2) is 0 Å². The molecule has 0 radical (unpaired) electrons. The summed E-state index contributed by atoms with van der Waals surface area (Å²) in [6.45, 7) is 7.43. The second-order valence-electron chi connectivity index (χ2n) is 2.80. The highest BCUT2D eigenvalue weighted by atomic mass is 32.2. The van der Waals surface area contributed by atoms with E-state index in [0.29, 0.717) is 0 Å². The lowest BCUT2D eigenvalue weighted by Crippen LogP contribution is -2.34. The number of nitrogens with zero attached hydrogens (tertiary/aromatic N) is 1. The molecular formula is C8H15NS2. The minimum absolute atomic E-state index is 0.823. The Labute approximate surface area is 78.6 Å². The molecule has 0 bridgehead atoms. The molecule has 0 aromatic heterocycles. The number of hydrogen-bond acceptors (Lipinski definition) is 3. The van der Waals surface area contributed by atoms with Crippen LogP contribution in [0.2, 0.25) is 0 Å². The molecule has 64 valence electrons. The average molecular weight is 189 g/mol. The van der Waals surface area contributed by atoms with E-state index in [1.165, 1.54) is 30.2 Å². The maximum absolute atomic E-state index is 4.18. The number of thioether (sulfide) groups is 1. The Morgan fingerprint density at radius 2 is 2.09 bits per heavy atom. The Morgan fingerprint density at radius 1 is 1.45 bits per heavy atom. The minimum atomic E-state index is 0.823. The highest BCUT2D eigenvalue weighted by Gasteiger charge is 2.09. The molecule has 1 rings (SSSR count). The van der Waals surface area contributed by atoms with E-state index >= 15 is 0 Å². The molecule has 1 saturated heterocycles. The number of hydrogen-bond donors (Lipinski definition) is 1. The lowest BCUT2D eigenvalue weighted by Gasteiger charge is -2.26. The second kappa shape index (κ2) is 5.12. The van der Waals surface area contributed by atoms with Gasteiger partial charge in [-0.2, -0.15) is 24.4 Å². The summed E-state index contributed by atoms with van der Waals surface area (Å²) < 4.78 is 0. The molecule has 0 aromatic rings. The van der Waals surface area contributed by atoms with Gasteiger partial charge in [0.25, 0.3) is 0 Å². The van der Waals surface area contributed by atoms with Crippen LogP contribution in [0.1, 0.15) is 0 Å². The van der Waals surface area contributed by atoms with E-state index in [0.717, 1.165) is 12.3 Å². The highest BCUT2D eigenvalue weighted by Crippen LogP contribution is 2.10. The third-order valence-electron chi connectivity index (χ3n) is 1.77. The lowest BCUT2D eigenvalue weighted by molar-refractivity contribution is 0.329. The summed E-state index contributed by atoms with van der Waals surface area (Å²) in [4.78, 5) is 2.45. The first-order chi connectivity index (χ1) is 5.33. The van der Waals surface area contributed by atoms with E-state index in [1.54, 1.807) is 0 Å². The highest BCUT2D eigenvalue weighted by molar-refractivity contribution is 7.99. The van der Waals surface area contributed by atoms with Gasteiger partial charge in [0.1, 0.15) is 0 Å². The Hall–Kier alpha value is 0.400. The lowest BCUT2D eigenvalue weighted by atomic mass is 10.3. The van der Waals surface area contributed by atoms with Gasteiger partial charge in [-0.3, -0.25) is 4.90 Å². The van der Waals surface area contributed by atoms with Crippen molar-refractivity contribution >= 4 is 24.4 Å². The molecule has 0 unspecified atom stereocenters. The monoisotopic (exact) mass is 189 g/mol. The smallest absolute Gasteiger partial charge is 0.0199 e. The van der Waals surface area contributed by atoms with Gasteiger partial charge >= 0.3 is 0 Å². The first kappa shape index (κ1) is 9.49. The van der Waals surface area contributed by atoms with Crippen molar-refractivity contribution in [1.29, 1.82) is 0 Å². The molecule has 0 aliphatic carbocycles. The van der Waals surface area contributed by atoms with Crippen LogP contribution >= 0.6 is 24.4 Å². The van der Waals surface area contributed by atoms with Gasteiger partial charge in [-0.05, 0) is 0 Å². The molecule has 11 heavy (non-hydrogen) atoms. The molecule has 1 heterocycles. The fraction of sp³-hybridized carbons (Fsp3) is 0.750. The minimum Gasteiger partial charge on any atom is -0.298 e. The number of rotatable bonds is 3. The van der Waals surface area contributed by atoms with Gasteiger partial charge in [-0.25, -0.2) is 0 Å². The standard InChI is InChI=1S/C8H15NS2/c1-8(7-10)6-9-2-4-11-5-3-9/h10H,1-7H2. The van der Waals surface area contributed by atoms with Crippen LogP contribution in [0, 0.1) is 0 Å². The fourth-order valence-electron chi connectivity index (χ4n) is 1.13. The Bertz CT molecular complexity index is 130. The third-order valence-corrected chi connectivity index (χ3v) is 3.16. The largest absolute Gasteiger partial charge is 0.298 e. The van der Waals surface area contributed by atoms with E-state index in [4.69, 9.17) is 0 Å². The van der Waals surface area contributed by atoms with Crippen LogP contribution in [0.25, 0.3) is 0 Å². The molecule has 0 saturated carbocycles. The van der Waals surface area contributed by atoms with Crippen LogP contribution in [-0.2, 0) is 0 Å². The molecule has 3 heteroatoms. The van der Waals surface area contributed by atoms with E-state index in [1.807, 2.05) is 11.8 Å². The molecule has 1 aliphatic rings. The van der Waals surface area contributed by atoms with Crippen LogP contribution < -0.4 is 0 Å². The first-order valence-corrected chi connectivity index (χ1v) is 5.69. The summed E-state index contributed by atoms with van der Waals surface area (Å²) in [5, 5.41) is 0. The summed E-state index contributed by atoms with van der Waals surface area (Å²) in [5.41, 5.74) is 1.24. The zero-order chi connectivity index (χ0) is 8.10. The zero-order valence-corrected chi connectivity index (χ0v) is 8.46. The van der Waals surface area contributed by atoms with Crippen molar-refractivity contribution in [3.63, 3.8) is 0 Å².